The Kier molecular flexibility index (Phi) is 5.54. The lowest BCUT2D eigenvalue weighted by Gasteiger charge is -2.43. The number of nitrogens with zero attached hydrogens (tertiary/aromatic N) is 2. The molecule has 0 aromatic heterocycles. The molecular weight excluding hydrogens is 420 g/mol. The fourth-order valence-electron chi connectivity index (χ4n) is 4.04. The van der Waals surface area contributed by atoms with Crippen LogP contribution in [0.2, 0.25) is 5.02 Å². The van der Waals surface area contributed by atoms with Crippen molar-refractivity contribution in [2.45, 2.75) is 31.8 Å². The molecule has 2 aromatic carbocycles. The van der Waals surface area contributed by atoms with Crippen LogP contribution in [0.15, 0.2) is 42.5 Å². The van der Waals surface area contributed by atoms with Crippen molar-refractivity contribution in [2.24, 2.45) is 0 Å². The number of non-ortho nitro benzene ring substituents is 1. The summed E-state index contributed by atoms with van der Waals surface area (Å²) >= 11 is 6.15. The lowest BCUT2D eigenvalue weighted by atomic mass is 9.82. The first-order chi connectivity index (χ1) is 14.8. The second kappa shape index (κ2) is 8.15. The van der Waals surface area contributed by atoms with E-state index in [-0.39, 0.29) is 23.8 Å². The molecule has 8 heteroatoms. The molecule has 1 spiro atoms. The maximum atomic E-state index is 12.7. The van der Waals surface area contributed by atoms with Crippen molar-refractivity contribution in [3.05, 3.63) is 74.3 Å². The van der Waals surface area contributed by atoms with Gasteiger partial charge in [0.15, 0.2) is 5.78 Å². The molecular formula is C23H21ClN2O5. The Morgan fingerprint density at radius 2 is 2.00 bits per heavy atom. The largest absolute Gasteiger partial charge is 0.486 e. The Morgan fingerprint density at radius 3 is 2.71 bits per heavy atom. The van der Waals surface area contributed by atoms with Crippen molar-refractivity contribution in [2.75, 3.05) is 13.1 Å². The molecule has 0 saturated carbocycles. The van der Waals surface area contributed by atoms with Crippen LogP contribution in [0.5, 0.6) is 5.75 Å². The number of aryl methyl sites for hydroxylation is 1. The normalized spacial score (nSPS) is 17.5. The van der Waals surface area contributed by atoms with E-state index in [9.17, 15) is 19.7 Å². The predicted octanol–water partition coefficient (Wildman–Crippen LogP) is 4.60. The number of benzene rings is 2. The van der Waals surface area contributed by atoms with Gasteiger partial charge in [-0.1, -0.05) is 23.7 Å². The van der Waals surface area contributed by atoms with E-state index in [1.54, 1.807) is 35.2 Å². The summed E-state index contributed by atoms with van der Waals surface area (Å²) in [5.74, 6) is 0.392. The van der Waals surface area contributed by atoms with Crippen LogP contribution in [-0.4, -0.2) is 40.2 Å². The van der Waals surface area contributed by atoms with Crippen LogP contribution in [-0.2, 0) is 4.79 Å². The molecule has 2 aliphatic rings. The zero-order chi connectivity index (χ0) is 22.2. The maximum Gasteiger partial charge on any atom is 0.270 e. The standard InChI is InChI=1S/C23H21ClN2O5/c1-15-11-21-18(13-19(15)24)20(27)14-23(31-21)7-9-25(10-8-23)22(28)6-5-16-3-2-4-17(12-16)26(29)30/h2-6,11-13H,7-10,14H2,1H3/b6-5+. The van der Waals surface area contributed by atoms with E-state index < -0.39 is 10.5 Å². The minimum absolute atomic E-state index is 0.00787. The second-order valence-electron chi connectivity index (χ2n) is 7.99. The smallest absolute Gasteiger partial charge is 0.270 e. The predicted molar refractivity (Wildman–Crippen MR) is 116 cm³/mol. The number of nitro benzene ring substituents is 1. The summed E-state index contributed by atoms with van der Waals surface area (Å²) in [7, 11) is 0. The monoisotopic (exact) mass is 440 g/mol. The molecule has 0 bridgehead atoms. The van der Waals surface area contributed by atoms with Gasteiger partial charge in [0.05, 0.1) is 16.9 Å². The number of nitro groups is 1. The van der Waals surface area contributed by atoms with Crippen LogP contribution >= 0.6 is 11.6 Å². The van der Waals surface area contributed by atoms with Crippen LogP contribution in [0, 0.1) is 17.0 Å². The number of fused-ring (bicyclic) bond motifs is 1. The first kappa shape index (κ1) is 21.1. The number of halogens is 1. The van der Waals surface area contributed by atoms with E-state index in [4.69, 9.17) is 16.3 Å². The average molecular weight is 441 g/mol. The van der Waals surface area contributed by atoms with E-state index in [0.29, 0.717) is 47.8 Å². The number of piperidine rings is 1. The molecule has 0 N–H and O–H groups in total. The highest BCUT2D eigenvalue weighted by molar-refractivity contribution is 6.31. The van der Waals surface area contributed by atoms with E-state index in [2.05, 4.69) is 0 Å². The van der Waals surface area contributed by atoms with Crippen molar-refractivity contribution in [3.63, 3.8) is 0 Å². The molecule has 2 aromatic rings. The molecule has 0 aliphatic carbocycles. The first-order valence-electron chi connectivity index (χ1n) is 10.0. The lowest BCUT2D eigenvalue weighted by molar-refractivity contribution is -0.384. The first-order valence-corrected chi connectivity index (χ1v) is 10.4. The number of Topliss-reactive ketones (excluding diaryl/α,β-unsaturated/α-hetero) is 1. The van der Waals surface area contributed by atoms with Gasteiger partial charge in [-0.3, -0.25) is 19.7 Å². The summed E-state index contributed by atoms with van der Waals surface area (Å²) in [6.45, 7) is 2.80. The molecule has 1 fully saturated rings. The van der Waals surface area contributed by atoms with Gasteiger partial charge in [-0.25, -0.2) is 0 Å². The SMILES string of the molecule is Cc1cc2c(cc1Cl)C(=O)CC1(CCN(C(=O)/C=C/c3cccc([N+](=O)[O-])c3)CC1)O2. The highest BCUT2D eigenvalue weighted by atomic mass is 35.5. The Balaban J connectivity index is 1.42. The van der Waals surface area contributed by atoms with Gasteiger partial charge in [0.1, 0.15) is 11.4 Å². The summed E-state index contributed by atoms with van der Waals surface area (Å²) in [4.78, 5) is 37.4. The number of likely N-dealkylation sites (tertiary alicyclic amines) is 1. The number of hydrogen-bond acceptors (Lipinski definition) is 5. The summed E-state index contributed by atoms with van der Waals surface area (Å²) in [5.41, 5.74) is 1.32. The topological polar surface area (TPSA) is 89.8 Å². The third-order valence-electron chi connectivity index (χ3n) is 5.86. The number of rotatable bonds is 3. The van der Waals surface area contributed by atoms with Crippen LogP contribution in [0.3, 0.4) is 0 Å². The molecule has 4 rings (SSSR count). The number of carbonyl (C=O) groups excluding carboxylic acids is 2. The summed E-state index contributed by atoms with van der Waals surface area (Å²) in [5, 5.41) is 11.4. The van der Waals surface area contributed by atoms with E-state index in [1.165, 1.54) is 18.2 Å². The van der Waals surface area contributed by atoms with E-state index in [0.717, 1.165) is 5.56 Å². The van der Waals surface area contributed by atoms with Gasteiger partial charge in [0.2, 0.25) is 5.91 Å². The zero-order valence-corrected chi connectivity index (χ0v) is 17.7. The summed E-state index contributed by atoms with van der Waals surface area (Å²) in [6.07, 6.45) is 4.37. The molecule has 2 aliphatic heterocycles. The van der Waals surface area contributed by atoms with Gasteiger partial charge in [0.25, 0.3) is 5.69 Å². The van der Waals surface area contributed by atoms with Crippen LogP contribution in [0.4, 0.5) is 5.69 Å². The quantitative estimate of drug-likeness (QED) is 0.395. The zero-order valence-electron chi connectivity index (χ0n) is 17.0. The van der Waals surface area contributed by atoms with Gasteiger partial charge in [-0.05, 0) is 36.3 Å². The Hall–Kier alpha value is -3.19. The molecule has 7 nitrogen and oxygen atoms in total. The Labute approximate surface area is 184 Å². The molecule has 160 valence electrons. The fourth-order valence-corrected chi connectivity index (χ4v) is 4.21. The molecule has 1 amide bonds. The van der Waals surface area contributed by atoms with Gasteiger partial charge in [0, 0.05) is 49.2 Å². The van der Waals surface area contributed by atoms with Crippen molar-refractivity contribution in [1.29, 1.82) is 0 Å². The molecule has 0 unspecified atom stereocenters. The molecule has 2 heterocycles. The number of ether oxygens (including phenoxy) is 1. The molecule has 0 radical (unpaired) electrons. The highest BCUT2D eigenvalue weighted by Crippen LogP contribution is 2.41. The molecule has 1 saturated heterocycles. The number of hydrogen-bond donors (Lipinski definition) is 0. The van der Waals surface area contributed by atoms with Crippen LogP contribution in [0.25, 0.3) is 6.08 Å². The number of ketones is 1. The minimum atomic E-state index is -0.606. The highest BCUT2D eigenvalue weighted by Gasteiger charge is 2.43. The average Bonchev–Trinajstić information content (AvgIpc) is 2.74. The molecule has 31 heavy (non-hydrogen) atoms. The third kappa shape index (κ3) is 4.32. The van der Waals surface area contributed by atoms with Crippen LogP contribution < -0.4 is 4.74 Å². The molecule has 0 atom stereocenters. The van der Waals surface area contributed by atoms with E-state index >= 15 is 0 Å². The van der Waals surface area contributed by atoms with Gasteiger partial charge in [-0.15, -0.1) is 0 Å². The van der Waals surface area contributed by atoms with Crippen molar-refractivity contribution >= 4 is 35.1 Å². The number of carbonyl (C=O) groups is 2. The Morgan fingerprint density at radius 1 is 1.26 bits per heavy atom. The van der Waals surface area contributed by atoms with Crippen molar-refractivity contribution < 1.29 is 19.2 Å². The number of amides is 1. The van der Waals surface area contributed by atoms with Crippen molar-refractivity contribution in [1.82, 2.24) is 4.90 Å². The summed E-state index contributed by atoms with van der Waals surface area (Å²) in [6, 6.07) is 9.57. The van der Waals surface area contributed by atoms with Gasteiger partial charge >= 0.3 is 0 Å². The lowest BCUT2D eigenvalue weighted by Crippen LogP contribution is -2.52. The van der Waals surface area contributed by atoms with E-state index in [1.807, 2.05) is 6.92 Å². The third-order valence-corrected chi connectivity index (χ3v) is 6.26. The van der Waals surface area contributed by atoms with Gasteiger partial charge in [-0.2, -0.15) is 0 Å². The summed E-state index contributed by atoms with van der Waals surface area (Å²) < 4.78 is 6.26. The fraction of sp³-hybridized carbons (Fsp3) is 0.304. The van der Waals surface area contributed by atoms with Crippen LogP contribution in [0.1, 0.15) is 40.7 Å². The minimum Gasteiger partial charge on any atom is -0.486 e. The second-order valence-corrected chi connectivity index (χ2v) is 8.40. The Bertz CT molecular complexity index is 1100. The van der Waals surface area contributed by atoms with Crippen molar-refractivity contribution in [3.8, 4) is 5.75 Å². The maximum absolute atomic E-state index is 12.7. The van der Waals surface area contributed by atoms with Gasteiger partial charge < -0.3 is 9.64 Å².